The normalized spacial score (nSPS) is 12.8. The molecule has 0 saturated carbocycles. The molecule has 0 aromatic heterocycles. The van der Waals surface area contributed by atoms with Gasteiger partial charge in [0, 0.05) is 16.6 Å². The van der Waals surface area contributed by atoms with E-state index in [2.05, 4.69) is 0 Å². The highest BCUT2D eigenvalue weighted by molar-refractivity contribution is 7.86. The van der Waals surface area contributed by atoms with Crippen LogP contribution in [0.5, 0.6) is 0 Å². The molecule has 1 aromatic carbocycles. The molecule has 1 atom stereocenters. The maximum absolute atomic E-state index is 12.1. The van der Waals surface area contributed by atoms with E-state index in [0.29, 0.717) is 11.1 Å². The Bertz CT molecular complexity index is 536. The summed E-state index contributed by atoms with van der Waals surface area (Å²) in [6, 6.07) is 6.55. The fraction of sp³-hybridized carbons (Fsp3) is 0.429. The first-order chi connectivity index (χ1) is 9.28. The third kappa shape index (κ3) is 3.90. The van der Waals surface area contributed by atoms with Crippen molar-refractivity contribution in [3.8, 4) is 0 Å². The Morgan fingerprint density at radius 1 is 1.35 bits per heavy atom. The van der Waals surface area contributed by atoms with Crippen molar-refractivity contribution in [2.24, 2.45) is 0 Å². The Hall–Kier alpha value is -1.69. The topological polar surface area (TPSA) is 80.7 Å². The Morgan fingerprint density at radius 3 is 2.55 bits per heavy atom. The van der Waals surface area contributed by atoms with Crippen LogP contribution in [0.2, 0.25) is 0 Å². The summed E-state index contributed by atoms with van der Waals surface area (Å²) < 4.78 is 15.6. The highest BCUT2D eigenvalue weighted by Gasteiger charge is 2.34. The van der Waals surface area contributed by atoms with E-state index in [1.54, 1.807) is 31.2 Å². The van der Waals surface area contributed by atoms with Crippen LogP contribution < -0.4 is 0 Å². The summed E-state index contributed by atoms with van der Waals surface area (Å²) in [4.78, 5) is 22.6. The maximum atomic E-state index is 12.1. The molecule has 0 amide bonds. The van der Waals surface area contributed by atoms with Crippen molar-refractivity contribution in [2.45, 2.75) is 31.3 Å². The first-order valence-electron chi connectivity index (χ1n) is 6.17. The van der Waals surface area contributed by atoms with Gasteiger partial charge < -0.3 is 9.84 Å². The van der Waals surface area contributed by atoms with Crippen LogP contribution >= 0.6 is 0 Å². The highest BCUT2D eigenvalue weighted by atomic mass is 32.2. The molecule has 0 radical (unpaired) electrons. The first kappa shape index (κ1) is 16.4. The lowest BCUT2D eigenvalue weighted by Crippen LogP contribution is -2.37. The SMILES string of the molecule is CCOC(=O)c1cccc(CS(=O)C(C)(C)C(=O)O)c1. The third-order valence-electron chi connectivity index (χ3n) is 2.82. The summed E-state index contributed by atoms with van der Waals surface area (Å²) in [5.74, 6) is -1.48. The third-order valence-corrected chi connectivity index (χ3v) is 4.73. The Labute approximate surface area is 120 Å². The van der Waals surface area contributed by atoms with Gasteiger partial charge in [-0.2, -0.15) is 0 Å². The molecule has 0 aliphatic carbocycles. The average Bonchev–Trinajstić information content (AvgIpc) is 2.39. The number of carbonyl (C=O) groups excluding carboxylic acids is 1. The predicted molar refractivity (Wildman–Crippen MR) is 76.0 cm³/mol. The lowest BCUT2D eigenvalue weighted by atomic mass is 10.1. The van der Waals surface area contributed by atoms with Gasteiger partial charge in [-0.05, 0) is 38.5 Å². The van der Waals surface area contributed by atoms with Crippen molar-refractivity contribution in [3.63, 3.8) is 0 Å². The van der Waals surface area contributed by atoms with Crippen LogP contribution in [0.3, 0.4) is 0 Å². The Kier molecular flexibility index (Phi) is 5.44. The van der Waals surface area contributed by atoms with E-state index in [1.165, 1.54) is 13.8 Å². The highest BCUT2D eigenvalue weighted by Crippen LogP contribution is 2.18. The number of hydrogen-bond donors (Lipinski definition) is 1. The molecule has 0 bridgehead atoms. The molecule has 0 aliphatic heterocycles. The van der Waals surface area contributed by atoms with Gasteiger partial charge in [0.15, 0.2) is 0 Å². The molecule has 110 valence electrons. The van der Waals surface area contributed by atoms with Gasteiger partial charge in [0.25, 0.3) is 0 Å². The lowest BCUT2D eigenvalue weighted by molar-refractivity contribution is -0.139. The molecule has 6 heteroatoms. The van der Waals surface area contributed by atoms with Crippen molar-refractivity contribution in [2.75, 3.05) is 6.61 Å². The van der Waals surface area contributed by atoms with Crippen LogP contribution in [0.15, 0.2) is 24.3 Å². The number of carboxylic acids is 1. The Morgan fingerprint density at radius 2 is 2.00 bits per heavy atom. The van der Waals surface area contributed by atoms with Gasteiger partial charge in [0.05, 0.1) is 12.2 Å². The number of benzene rings is 1. The molecule has 1 N–H and O–H groups in total. The number of aliphatic carboxylic acids is 1. The minimum atomic E-state index is -1.59. The van der Waals surface area contributed by atoms with E-state index in [0.717, 1.165) is 0 Å². The monoisotopic (exact) mass is 298 g/mol. The summed E-state index contributed by atoms with van der Waals surface area (Å²) in [6.45, 7) is 4.83. The Balaban J connectivity index is 2.89. The first-order valence-corrected chi connectivity index (χ1v) is 7.49. The molecule has 1 rings (SSSR count). The van der Waals surface area contributed by atoms with Crippen LogP contribution in [0.1, 0.15) is 36.7 Å². The summed E-state index contributed by atoms with van der Waals surface area (Å²) in [5, 5.41) is 9.04. The van der Waals surface area contributed by atoms with Gasteiger partial charge >= 0.3 is 11.9 Å². The van der Waals surface area contributed by atoms with E-state index in [9.17, 15) is 13.8 Å². The molecule has 0 spiro atoms. The molecular weight excluding hydrogens is 280 g/mol. The molecule has 20 heavy (non-hydrogen) atoms. The van der Waals surface area contributed by atoms with Crippen molar-refractivity contribution in [1.29, 1.82) is 0 Å². The molecule has 0 aliphatic rings. The second-order valence-electron chi connectivity index (χ2n) is 4.73. The van der Waals surface area contributed by atoms with Crippen LogP contribution in [-0.2, 0) is 26.1 Å². The van der Waals surface area contributed by atoms with E-state index >= 15 is 0 Å². The molecule has 0 heterocycles. The van der Waals surface area contributed by atoms with Crippen molar-refractivity contribution < 1.29 is 23.6 Å². The average molecular weight is 298 g/mol. The number of esters is 1. The van der Waals surface area contributed by atoms with Crippen LogP contribution in [-0.4, -0.2) is 32.6 Å². The van der Waals surface area contributed by atoms with Gasteiger partial charge in [-0.1, -0.05) is 12.1 Å². The molecule has 5 nitrogen and oxygen atoms in total. The lowest BCUT2D eigenvalue weighted by Gasteiger charge is -2.18. The fourth-order valence-corrected chi connectivity index (χ4v) is 2.47. The fourth-order valence-electron chi connectivity index (χ4n) is 1.43. The van der Waals surface area contributed by atoms with Crippen LogP contribution in [0, 0.1) is 0 Å². The standard InChI is InChI=1S/C14H18O5S/c1-4-19-12(15)11-7-5-6-10(8-11)9-20(18)14(2,3)13(16)17/h5-8H,4,9H2,1-3H3,(H,16,17). The van der Waals surface area contributed by atoms with Crippen molar-refractivity contribution in [1.82, 2.24) is 0 Å². The van der Waals surface area contributed by atoms with Gasteiger partial charge in [-0.25, -0.2) is 4.79 Å². The zero-order valence-electron chi connectivity index (χ0n) is 11.7. The van der Waals surface area contributed by atoms with Crippen molar-refractivity contribution in [3.05, 3.63) is 35.4 Å². The van der Waals surface area contributed by atoms with Crippen molar-refractivity contribution >= 4 is 22.7 Å². The zero-order chi connectivity index (χ0) is 15.3. The molecule has 0 fully saturated rings. The smallest absolute Gasteiger partial charge is 0.338 e. The second-order valence-corrected chi connectivity index (χ2v) is 6.73. The largest absolute Gasteiger partial charge is 0.480 e. The minimum Gasteiger partial charge on any atom is -0.480 e. The zero-order valence-corrected chi connectivity index (χ0v) is 12.5. The number of carboxylic acid groups (broad SMARTS) is 1. The van der Waals surface area contributed by atoms with E-state index < -0.39 is 27.5 Å². The number of carbonyl (C=O) groups is 2. The molecule has 1 aromatic rings. The molecule has 1 unspecified atom stereocenters. The van der Waals surface area contributed by atoms with Gasteiger partial charge in [-0.15, -0.1) is 0 Å². The quantitative estimate of drug-likeness (QED) is 0.812. The van der Waals surface area contributed by atoms with Gasteiger partial charge in [0.1, 0.15) is 4.75 Å². The van der Waals surface area contributed by atoms with Gasteiger partial charge in [0.2, 0.25) is 0 Å². The summed E-state index contributed by atoms with van der Waals surface area (Å²) >= 11 is 0. The van der Waals surface area contributed by atoms with E-state index in [-0.39, 0.29) is 12.4 Å². The summed E-state index contributed by atoms with van der Waals surface area (Å²) in [7, 11) is -1.59. The summed E-state index contributed by atoms with van der Waals surface area (Å²) in [6.07, 6.45) is 0. The number of rotatable bonds is 6. The minimum absolute atomic E-state index is 0.0759. The molecular formula is C14H18O5S. The van der Waals surface area contributed by atoms with E-state index in [4.69, 9.17) is 9.84 Å². The predicted octanol–water partition coefficient (Wildman–Crippen LogP) is 1.98. The maximum Gasteiger partial charge on any atom is 0.338 e. The molecule has 0 saturated heterocycles. The van der Waals surface area contributed by atoms with E-state index in [1.807, 2.05) is 0 Å². The number of ether oxygens (including phenoxy) is 1. The van der Waals surface area contributed by atoms with Gasteiger partial charge in [-0.3, -0.25) is 9.00 Å². The van der Waals surface area contributed by atoms with Crippen LogP contribution in [0.4, 0.5) is 0 Å². The second kappa shape index (κ2) is 6.65. The number of hydrogen-bond acceptors (Lipinski definition) is 4. The summed E-state index contributed by atoms with van der Waals surface area (Å²) in [5.41, 5.74) is 1.01. The van der Waals surface area contributed by atoms with Crippen LogP contribution in [0.25, 0.3) is 0 Å².